The van der Waals surface area contributed by atoms with Crippen LogP contribution < -0.4 is 10.2 Å². The number of nitrogens with zero attached hydrogens (tertiary/aromatic N) is 1. The third kappa shape index (κ3) is 2.61. The summed E-state index contributed by atoms with van der Waals surface area (Å²) in [7, 11) is 2.10. The zero-order chi connectivity index (χ0) is 15.8. The monoisotopic (exact) mass is 306 g/mol. The molecule has 3 nitrogen and oxygen atoms in total. The molecule has 0 spiro atoms. The van der Waals surface area contributed by atoms with Crippen molar-refractivity contribution in [3.05, 3.63) is 65.2 Å². The number of amides is 1. The van der Waals surface area contributed by atoms with E-state index in [9.17, 15) is 4.79 Å². The van der Waals surface area contributed by atoms with Crippen LogP contribution in [0.3, 0.4) is 0 Å². The second-order valence-corrected chi connectivity index (χ2v) is 6.70. The second kappa shape index (κ2) is 5.73. The van der Waals surface area contributed by atoms with Crippen LogP contribution in [0.4, 0.5) is 5.69 Å². The molecule has 1 unspecified atom stereocenters. The Balaban J connectivity index is 1.50. The van der Waals surface area contributed by atoms with Gasteiger partial charge in [0.05, 0.1) is 5.92 Å². The molecule has 1 aliphatic heterocycles. The molecule has 2 aromatic rings. The maximum absolute atomic E-state index is 12.8. The first-order chi connectivity index (χ1) is 11.2. The van der Waals surface area contributed by atoms with Gasteiger partial charge in [-0.3, -0.25) is 4.79 Å². The van der Waals surface area contributed by atoms with Gasteiger partial charge in [-0.15, -0.1) is 0 Å². The highest BCUT2D eigenvalue weighted by atomic mass is 16.2. The number of nitrogens with one attached hydrogen (secondary N) is 1. The Labute approximate surface area is 137 Å². The van der Waals surface area contributed by atoms with E-state index in [1.54, 1.807) is 0 Å². The summed E-state index contributed by atoms with van der Waals surface area (Å²) >= 11 is 0. The first kappa shape index (κ1) is 14.3. The van der Waals surface area contributed by atoms with Gasteiger partial charge in [-0.1, -0.05) is 42.5 Å². The van der Waals surface area contributed by atoms with E-state index in [2.05, 4.69) is 53.7 Å². The summed E-state index contributed by atoms with van der Waals surface area (Å²) < 4.78 is 0. The number of carbonyl (C=O) groups is 1. The van der Waals surface area contributed by atoms with Gasteiger partial charge >= 0.3 is 0 Å². The Morgan fingerprint density at radius 1 is 1.04 bits per heavy atom. The molecule has 1 heterocycles. The van der Waals surface area contributed by atoms with Gasteiger partial charge < -0.3 is 10.2 Å². The molecule has 1 aliphatic carbocycles. The van der Waals surface area contributed by atoms with Crippen molar-refractivity contribution < 1.29 is 4.79 Å². The molecule has 1 atom stereocenters. The van der Waals surface area contributed by atoms with Crippen LogP contribution >= 0.6 is 0 Å². The predicted molar refractivity (Wildman–Crippen MR) is 92.9 cm³/mol. The molecule has 0 saturated carbocycles. The summed E-state index contributed by atoms with van der Waals surface area (Å²) in [6.07, 6.45) is 2.80. The first-order valence-corrected chi connectivity index (χ1v) is 8.39. The van der Waals surface area contributed by atoms with E-state index in [0.717, 1.165) is 31.4 Å². The number of hydrogen-bond acceptors (Lipinski definition) is 2. The highest BCUT2D eigenvalue weighted by molar-refractivity contribution is 5.86. The van der Waals surface area contributed by atoms with Crippen molar-refractivity contribution in [1.29, 1.82) is 0 Å². The second-order valence-electron chi connectivity index (χ2n) is 6.70. The van der Waals surface area contributed by atoms with Crippen LogP contribution in [-0.4, -0.2) is 25.5 Å². The molecule has 0 fully saturated rings. The van der Waals surface area contributed by atoms with Crippen LogP contribution in [0.1, 0.15) is 29.0 Å². The third-order valence-corrected chi connectivity index (χ3v) is 5.19. The number of rotatable bonds is 2. The molecule has 0 radical (unpaired) electrons. The minimum atomic E-state index is -0.0221. The van der Waals surface area contributed by atoms with Gasteiger partial charge in [0, 0.05) is 25.3 Å². The van der Waals surface area contributed by atoms with Crippen molar-refractivity contribution in [3.8, 4) is 0 Å². The minimum Gasteiger partial charge on any atom is -0.374 e. The van der Waals surface area contributed by atoms with Crippen molar-refractivity contribution in [2.75, 3.05) is 18.5 Å². The smallest absolute Gasteiger partial charge is 0.227 e. The first-order valence-electron chi connectivity index (χ1n) is 8.39. The van der Waals surface area contributed by atoms with Crippen molar-refractivity contribution in [2.45, 2.75) is 31.2 Å². The molecule has 2 aliphatic rings. The van der Waals surface area contributed by atoms with E-state index in [4.69, 9.17) is 0 Å². The van der Waals surface area contributed by atoms with E-state index < -0.39 is 0 Å². The Hall–Kier alpha value is -2.29. The van der Waals surface area contributed by atoms with Crippen LogP contribution in [0.15, 0.2) is 48.5 Å². The van der Waals surface area contributed by atoms with E-state index in [1.807, 2.05) is 12.1 Å². The van der Waals surface area contributed by atoms with E-state index in [0.29, 0.717) is 0 Å². The fourth-order valence-electron chi connectivity index (χ4n) is 3.96. The summed E-state index contributed by atoms with van der Waals surface area (Å²) in [6, 6.07) is 17.0. The van der Waals surface area contributed by atoms with Gasteiger partial charge in [-0.05, 0) is 42.0 Å². The lowest BCUT2D eigenvalue weighted by atomic mass is 9.89. The fraction of sp³-hybridized carbons (Fsp3) is 0.350. The van der Waals surface area contributed by atoms with Crippen LogP contribution in [0.5, 0.6) is 0 Å². The molecule has 4 rings (SSSR count). The van der Waals surface area contributed by atoms with Crippen molar-refractivity contribution in [3.63, 3.8) is 0 Å². The molecule has 2 aromatic carbocycles. The van der Waals surface area contributed by atoms with Gasteiger partial charge in [-0.25, -0.2) is 0 Å². The van der Waals surface area contributed by atoms with Gasteiger partial charge in [-0.2, -0.15) is 0 Å². The number of fused-ring (bicyclic) bond motifs is 2. The number of anilines is 1. The Bertz CT molecular complexity index is 715. The molecule has 3 heteroatoms. The third-order valence-electron chi connectivity index (χ3n) is 5.19. The highest BCUT2D eigenvalue weighted by Gasteiger charge is 2.31. The van der Waals surface area contributed by atoms with Crippen LogP contribution in [-0.2, 0) is 17.6 Å². The Morgan fingerprint density at radius 3 is 2.43 bits per heavy atom. The average molecular weight is 306 g/mol. The van der Waals surface area contributed by atoms with E-state index in [1.165, 1.54) is 16.8 Å². The van der Waals surface area contributed by atoms with Crippen molar-refractivity contribution in [1.82, 2.24) is 5.32 Å². The SMILES string of the molecule is CN1CCC(C(=O)NC2Cc3ccccc3C2)c2ccccc21. The van der Waals surface area contributed by atoms with Crippen molar-refractivity contribution >= 4 is 11.6 Å². The lowest BCUT2D eigenvalue weighted by molar-refractivity contribution is -0.123. The van der Waals surface area contributed by atoms with Gasteiger partial charge in [0.25, 0.3) is 0 Å². The van der Waals surface area contributed by atoms with Crippen molar-refractivity contribution in [2.24, 2.45) is 0 Å². The minimum absolute atomic E-state index is 0.0221. The maximum atomic E-state index is 12.8. The molecule has 118 valence electrons. The molecular formula is C20H22N2O. The summed E-state index contributed by atoms with van der Waals surface area (Å²) in [5, 5.41) is 3.29. The average Bonchev–Trinajstić information content (AvgIpc) is 2.97. The van der Waals surface area contributed by atoms with Crippen LogP contribution in [0.25, 0.3) is 0 Å². The number of benzene rings is 2. The summed E-state index contributed by atoms with van der Waals surface area (Å²) in [5.41, 5.74) is 5.10. The zero-order valence-electron chi connectivity index (χ0n) is 13.5. The van der Waals surface area contributed by atoms with Crippen LogP contribution in [0.2, 0.25) is 0 Å². The van der Waals surface area contributed by atoms with Gasteiger partial charge in [0.2, 0.25) is 5.91 Å². The number of hydrogen-bond donors (Lipinski definition) is 1. The maximum Gasteiger partial charge on any atom is 0.227 e. The molecule has 1 amide bonds. The molecular weight excluding hydrogens is 284 g/mol. The van der Waals surface area contributed by atoms with E-state index >= 15 is 0 Å². The van der Waals surface area contributed by atoms with Crippen LogP contribution in [0, 0.1) is 0 Å². The molecule has 0 aromatic heterocycles. The Kier molecular flexibility index (Phi) is 3.56. The quantitative estimate of drug-likeness (QED) is 0.925. The van der Waals surface area contributed by atoms with Gasteiger partial charge in [0.15, 0.2) is 0 Å². The Morgan fingerprint density at radius 2 is 1.70 bits per heavy atom. The number of para-hydroxylation sites is 1. The fourth-order valence-corrected chi connectivity index (χ4v) is 3.96. The zero-order valence-corrected chi connectivity index (χ0v) is 13.5. The summed E-state index contributed by atoms with van der Waals surface area (Å²) in [5.74, 6) is 0.162. The lowest BCUT2D eigenvalue weighted by Gasteiger charge is -2.33. The largest absolute Gasteiger partial charge is 0.374 e. The van der Waals surface area contributed by atoms with Gasteiger partial charge in [0.1, 0.15) is 0 Å². The van der Waals surface area contributed by atoms with E-state index in [-0.39, 0.29) is 17.9 Å². The summed E-state index contributed by atoms with van der Waals surface area (Å²) in [6.45, 7) is 0.931. The molecule has 0 saturated heterocycles. The standard InChI is InChI=1S/C20H22N2O/c1-22-11-10-18(17-8-4-5-9-19(17)22)20(23)21-16-12-14-6-2-3-7-15(14)13-16/h2-9,16,18H,10-13H2,1H3,(H,21,23). The topological polar surface area (TPSA) is 32.3 Å². The lowest BCUT2D eigenvalue weighted by Crippen LogP contribution is -2.41. The normalized spacial score (nSPS) is 20.0. The molecule has 1 N–H and O–H groups in total. The molecule has 23 heavy (non-hydrogen) atoms. The predicted octanol–water partition coefficient (Wildman–Crippen LogP) is 2.89. The number of carbonyl (C=O) groups excluding carboxylic acids is 1. The molecule has 0 bridgehead atoms. The highest BCUT2D eigenvalue weighted by Crippen LogP contribution is 2.34. The summed E-state index contributed by atoms with van der Waals surface area (Å²) in [4.78, 5) is 15.1.